The van der Waals surface area contributed by atoms with E-state index in [1.807, 2.05) is 12.1 Å². The minimum atomic E-state index is -0.965. The Labute approximate surface area is 163 Å². The standard InChI is InChI=1S/C21H24N2O5/c1-27-18-11-16-7-9-23(10-8-17(16)12-19(18)28-2)21(26)22-13-14-3-5-15(6-4-14)20(24)25/h3-6,11-12H,7-10,13H2,1-2H3,(H,22,26)(H,24,25). The summed E-state index contributed by atoms with van der Waals surface area (Å²) in [5.74, 6) is 0.431. The molecular formula is C21H24N2O5. The average Bonchev–Trinajstić information content (AvgIpc) is 2.93. The van der Waals surface area contributed by atoms with E-state index < -0.39 is 5.97 Å². The van der Waals surface area contributed by atoms with Crippen LogP contribution in [0, 0.1) is 0 Å². The summed E-state index contributed by atoms with van der Waals surface area (Å²) >= 11 is 0. The summed E-state index contributed by atoms with van der Waals surface area (Å²) in [6.45, 7) is 1.59. The van der Waals surface area contributed by atoms with Gasteiger partial charge in [0.1, 0.15) is 0 Å². The van der Waals surface area contributed by atoms with Crippen LogP contribution in [-0.4, -0.2) is 49.3 Å². The Bertz CT molecular complexity index is 829. The number of nitrogens with one attached hydrogen (secondary N) is 1. The molecule has 0 spiro atoms. The molecule has 3 rings (SSSR count). The number of methoxy groups -OCH3 is 2. The van der Waals surface area contributed by atoms with Crippen LogP contribution in [-0.2, 0) is 19.4 Å². The molecule has 2 N–H and O–H groups in total. The minimum absolute atomic E-state index is 0.131. The number of benzene rings is 2. The van der Waals surface area contributed by atoms with Gasteiger partial charge in [-0.2, -0.15) is 0 Å². The summed E-state index contributed by atoms with van der Waals surface area (Å²) in [4.78, 5) is 25.3. The van der Waals surface area contributed by atoms with Gasteiger partial charge in [0.15, 0.2) is 11.5 Å². The molecule has 1 aliphatic rings. The highest BCUT2D eigenvalue weighted by molar-refractivity contribution is 5.87. The van der Waals surface area contributed by atoms with Crippen molar-refractivity contribution in [2.24, 2.45) is 0 Å². The number of carbonyl (C=O) groups excluding carboxylic acids is 1. The first-order valence-corrected chi connectivity index (χ1v) is 9.10. The maximum Gasteiger partial charge on any atom is 0.335 e. The molecule has 0 fully saturated rings. The van der Waals surface area contributed by atoms with Crippen LogP contribution in [0.1, 0.15) is 27.0 Å². The van der Waals surface area contributed by atoms with Gasteiger partial charge in [-0.05, 0) is 53.8 Å². The van der Waals surface area contributed by atoms with Crippen LogP contribution >= 0.6 is 0 Å². The van der Waals surface area contributed by atoms with E-state index in [0.717, 1.165) is 29.5 Å². The van der Waals surface area contributed by atoms with Crippen molar-refractivity contribution in [1.82, 2.24) is 10.2 Å². The van der Waals surface area contributed by atoms with E-state index in [1.165, 1.54) is 12.1 Å². The molecule has 0 aliphatic carbocycles. The lowest BCUT2D eigenvalue weighted by atomic mass is 10.0. The van der Waals surface area contributed by atoms with Gasteiger partial charge >= 0.3 is 12.0 Å². The summed E-state index contributed by atoms with van der Waals surface area (Å²) in [5.41, 5.74) is 3.41. The number of nitrogens with zero attached hydrogens (tertiary/aromatic N) is 1. The number of rotatable bonds is 5. The highest BCUT2D eigenvalue weighted by atomic mass is 16.5. The van der Waals surface area contributed by atoms with Crippen LogP contribution < -0.4 is 14.8 Å². The number of ether oxygens (including phenoxy) is 2. The third-order valence-electron chi connectivity index (χ3n) is 4.94. The van der Waals surface area contributed by atoms with Gasteiger partial charge in [0.25, 0.3) is 0 Å². The van der Waals surface area contributed by atoms with Crippen molar-refractivity contribution in [3.63, 3.8) is 0 Å². The highest BCUT2D eigenvalue weighted by Crippen LogP contribution is 2.32. The molecule has 0 aromatic heterocycles. The van der Waals surface area contributed by atoms with E-state index in [2.05, 4.69) is 5.32 Å². The summed E-state index contributed by atoms with van der Waals surface area (Å²) in [5, 5.41) is 11.8. The topological polar surface area (TPSA) is 88.1 Å². The number of amides is 2. The van der Waals surface area contributed by atoms with Gasteiger partial charge in [-0.25, -0.2) is 9.59 Å². The maximum atomic E-state index is 12.6. The molecule has 7 nitrogen and oxygen atoms in total. The molecule has 1 aliphatic heterocycles. The summed E-state index contributed by atoms with van der Waals surface area (Å²) < 4.78 is 10.7. The molecule has 0 saturated heterocycles. The molecule has 0 unspecified atom stereocenters. The fourth-order valence-corrected chi connectivity index (χ4v) is 3.31. The molecule has 7 heteroatoms. The van der Waals surface area contributed by atoms with E-state index in [1.54, 1.807) is 31.3 Å². The third-order valence-corrected chi connectivity index (χ3v) is 4.94. The van der Waals surface area contributed by atoms with Crippen molar-refractivity contribution < 1.29 is 24.2 Å². The predicted molar refractivity (Wildman–Crippen MR) is 104 cm³/mol. The Balaban J connectivity index is 1.60. The van der Waals surface area contributed by atoms with Gasteiger partial charge in [-0.1, -0.05) is 12.1 Å². The average molecular weight is 384 g/mol. The number of fused-ring (bicyclic) bond motifs is 1. The number of urea groups is 1. The second kappa shape index (κ2) is 8.65. The van der Waals surface area contributed by atoms with Gasteiger partial charge < -0.3 is 24.8 Å². The molecule has 0 radical (unpaired) electrons. The Morgan fingerprint density at radius 2 is 1.54 bits per heavy atom. The van der Waals surface area contributed by atoms with E-state index in [0.29, 0.717) is 31.1 Å². The van der Waals surface area contributed by atoms with Gasteiger partial charge in [-0.15, -0.1) is 0 Å². The summed E-state index contributed by atoms with van der Waals surface area (Å²) in [6, 6.07) is 10.3. The van der Waals surface area contributed by atoms with Gasteiger partial charge in [0.2, 0.25) is 0 Å². The van der Waals surface area contributed by atoms with E-state index >= 15 is 0 Å². The van der Waals surface area contributed by atoms with Gasteiger partial charge in [0.05, 0.1) is 19.8 Å². The number of hydrogen-bond acceptors (Lipinski definition) is 4. The SMILES string of the molecule is COc1cc2c(cc1OC)CCN(C(=O)NCc1ccc(C(=O)O)cc1)CC2. The summed E-state index contributed by atoms with van der Waals surface area (Å²) in [6.07, 6.45) is 1.49. The molecule has 0 atom stereocenters. The second-order valence-corrected chi connectivity index (χ2v) is 6.62. The van der Waals surface area contributed by atoms with Gasteiger partial charge in [-0.3, -0.25) is 0 Å². The third kappa shape index (κ3) is 4.36. The summed E-state index contributed by atoms with van der Waals surface area (Å²) in [7, 11) is 3.23. The van der Waals surface area contributed by atoms with E-state index in [-0.39, 0.29) is 11.6 Å². The van der Waals surface area contributed by atoms with Crippen LogP contribution in [0.5, 0.6) is 11.5 Å². The fourth-order valence-electron chi connectivity index (χ4n) is 3.31. The van der Waals surface area contributed by atoms with Gasteiger partial charge in [0, 0.05) is 19.6 Å². The van der Waals surface area contributed by atoms with E-state index in [4.69, 9.17) is 14.6 Å². The minimum Gasteiger partial charge on any atom is -0.493 e. The van der Waals surface area contributed by atoms with Crippen LogP contribution in [0.25, 0.3) is 0 Å². The Kier molecular flexibility index (Phi) is 6.03. The Morgan fingerprint density at radius 3 is 2.00 bits per heavy atom. The smallest absolute Gasteiger partial charge is 0.335 e. The van der Waals surface area contributed by atoms with Crippen LogP contribution in [0.4, 0.5) is 4.79 Å². The normalized spacial score (nSPS) is 13.3. The molecule has 2 aromatic rings. The number of carboxylic acids is 1. The maximum absolute atomic E-state index is 12.6. The molecule has 2 amide bonds. The quantitative estimate of drug-likeness (QED) is 0.828. The number of carbonyl (C=O) groups is 2. The number of aromatic carboxylic acids is 1. The van der Waals surface area contributed by atoms with Crippen molar-refractivity contribution in [1.29, 1.82) is 0 Å². The first kappa shape index (κ1) is 19.5. The van der Waals surface area contributed by atoms with Crippen LogP contribution in [0.3, 0.4) is 0 Å². The van der Waals surface area contributed by atoms with Crippen molar-refractivity contribution in [2.75, 3.05) is 27.3 Å². The molecular weight excluding hydrogens is 360 g/mol. The predicted octanol–water partition coefficient (Wildman–Crippen LogP) is 2.71. The van der Waals surface area contributed by atoms with Crippen molar-refractivity contribution in [3.05, 3.63) is 58.7 Å². The molecule has 148 valence electrons. The molecule has 0 saturated carbocycles. The Morgan fingerprint density at radius 1 is 1.00 bits per heavy atom. The van der Waals surface area contributed by atoms with Crippen molar-refractivity contribution in [3.8, 4) is 11.5 Å². The highest BCUT2D eigenvalue weighted by Gasteiger charge is 2.20. The molecule has 28 heavy (non-hydrogen) atoms. The van der Waals surface area contributed by atoms with Crippen molar-refractivity contribution >= 4 is 12.0 Å². The lowest BCUT2D eigenvalue weighted by Gasteiger charge is -2.20. The van der Waals surface area contributed by atoms with E-state index in [9.17, 15) is 9.59 Å². The van der Waals surface area contributed by atoms with Crippen molar-refractivity contribution in [2.45, 2.75) is 19.4 Å². The number of carboxylic acid groups (broad SMARTS) is 1. The largest absolute Gasteiger partial charge is 0.493 e. The lowest BCUT2D eigenvalue weighted by molar-refractivity contribution is 0.0697. The second-order valence-electron chi connectivity index (χ2n) is 6.62. The zero-order valence-electron chi connectivity index (χ0n) is 16.0. The number of hydrogen-bond donors (Lipinski definition) is 2. The zero-order valence-corrected chi connectivity index (χ0v) is 16.0. The van der Waals surface area contributed by atoms with Crippen LogP contribution in [0.15, 0.2) is 36.4 Å². The first-order chi connectivity index (χ1) is 13.5. The molecule has 0 bridgehead atoms. The zero-order chi connectivity index (χ0) is 20.1. The first-order valence-electron chi connectivity index (χ1n) is 9.10. The fraction of sp³-hybridized carbons (Fsp3) is 0.333. The van der Waals surface area contributed by atoms with Crippen LogP contribution in [0.2, 0.25) is 0 Å². The molecule has 2 aromatic carbocycles. The Hall–Kier alpha value is -3.22. The monoisotopic (exact) mass is 384 g/mol. The molecule has 1 heterocycles. The lowest BCUT2D eigenvalue weighted by Crippen LogP contribution is -2.41.